The highest BCUT2D eigenvalue weighted by atomic mass is 16.2. The van der Waals surface area contributed by atoms with Gasteiger partial charge in [-0.25, -0.2) is 0 Å². The number of hydrogen-bond donors (Lipinski definition) is 1. The topological polar surface area (TPSA) is 105 Å². The van der Waals surface area contributed by atoms with Gasteiger partial charge in [0.05, 0.1) is 22.7 Å². The van der Waals surface area contributed by atoms with Crippen LogP contribution in [0.4, 0.5) is 5.82 Å². The third-order valence-corrected chi connectivity index (χ3v) is 5.10. The van der Waals surface area contributed by atoms with Crippen LogP contribution in [0.15, 0.2) is 48.8 Å². The predicted octanol–water partition coefficient (Wildman–Crippen LogP) is 2.82. The molecule has 150 valence electrons. The van der Waals surface area contributed by atoms with Gasteiger partial charge in [0.2, 0.25) is 5.91 Å². The van der Waals surface area contributed by atoms with Crippen LogP contribution in [0, 0.1) is 6.92 Å². The maximum Gasteiger partial charge on any atom is 0.261 e. The number of carbonyl (C=O) groups is 3. The molecular weight excluding hydrogens is 382 g/mol. The number of pyridine rings is 1. The summed E-state index contributed by atoms with van der Waals surface area (Å²) in [5, 5.41) is 10.9. The van der Waals surface area contributed by atoms with E-state index >= 15 is 0 Å². The molecule has 0 spiro atoms. The summed E-state index contributed by atoms with van der Waals surface area (Å²) in [5.41, 5.74) is 3.40. The lowest BCUT2D eigenvalue weighted by molar-refractivity contribution is -0.117. The van der Waals surface area contributed by atoms with Crippen molar-refractivity contribution in [3.8, 4) is 11.3 Å². The second-order valence-corrected chi connectivity index (χ2v) is 7.20. The minimum atomic E-state index is -0.665. The highest BCUT2D eigenvalue weighted by molar-refractivity contribution is 6.22. The van der Waals surface area contributed by atoms with Crippen molar-refractivity contribution < 1.29 is 14.4 Å². The lowest BCUT2D eigenvalue weighted by Gasteiger charge is -2.15. The van der Waals surface area contributed by atoms with Crippen LogP contribution in [-0.4, -0.2) is 44.9 Å². The Labute approximate surface area is 173 Å². The number of amides is 3. The number of nitrogens with one attached hydrogen (secondary N) is 1. The lowest BCUT2D eigenvalue weighted by Crippen LogP contribution is -2.25. The van der Waals surface area contributed by atoms with E-state index in [1.807, 2.05) is 13.0 Å². The van der Waals surface area contributed by atoms with Crippen LogP contribution in [0.1, 0.15) is 44.7 Å². The van der Waals surface area contributed by atoms with E-state index < -0.39 is 11.8 Å². The fourth-order valence-electron chi connectivity index (χ4n) is 3.45. The first-order chi connectivity index (χ1) is 14.4. The van der Waals surface area contributed by atoms with Gasteiger partial charge >= 0.3 is 0 Å². The maximum absolute atomic E-state index is 12.8. The van der Waals surface area contributed by atoms with Gasteiger partial charge in [-0.2, -0.15) is 0 Å². The summed E-state index contributed by atoms with van der Waals surface area (Å²) < 4.78 is 0. The van der Waals surface area contributed by atoms with Crippen molar-refractivity contribution in [3.05, 3.63) is 71.0 Å². The summed E-state index contributed by atoms with van der Waals surface area (Å²) in [7, 11) is 1.44. The van der Waals surface area contributed by atoms with Crippen molar-refractivity contribution in [2.45, 2.75) is 19.8 Å². The summed E-state index contributed by atoms with van der Waals surface area (Å²) in [5.74, 6) is -1.47. The molecule has 0 radical (unpaired) electrons. The van der Waals surface area contributed by atoms with Gasteiger partial charge in [-0.15, -0.1) is 10.2 Å². The minimum Gasteiger partial charge on any atom is -0.309 e. The SMILES string of the molecule is Cc1cc2c(c([C@@H](C)C(=O)Nc3ccc(-c4cccnc4)nn3)c1)C(=O)N(C)C2=O. The molecule has 2 aromatic heterocycles. The van der Waals surface area contributed by atoms with Crippen LogP contribution in [0.2, 0.25) is 0 Å². The number of fused-ring (bicyclic) bond motifs is 1. The normalized spacial score (nSPS) is 13.9. The van der Waals surface area contributed by atoms with Crippen molar-refractivity contribution in [1.82, 2.24) is 20.1 Å². The number of nitrogens with zero attached hydrogens (tertiary/aromatic N) is 4. The molecule has 0 bridgehead atoms. The number of aromatic nitrogens is 3. The Morgan fingerprint density at radius 1 is 1.10 bits per heavy atom. The number of imide groups is 1. The summed E-state index contributed by atoms with van der Waals surface area (Å²) in [6.45, 7) is 3.52. The zero-order chi connectivity index (χ0) is 21.4. The Bertz CT molecular complexity index is 1160. The number of hydrogen-bond acceptors (Lipinski definition) is 6. The third kappa shape index (κ3) is 3.32. The Kier molecular flexibility index (Phi) is 4.83. The number of carbonyl (C=O) groups excluding carboxylic acids is 3. The molecule has 0 saturated carbocycles. The van der Waals surface area contributed by atoms with Gasteiger partial charge in [-0.3, -0.25) is 24.3 Å². The molecule has 3 heterocycles. The van der Waals surface area contributed by atoms with E-state index in [1.54, 1.807) is 49.6 Å². The molecule has 0 fully saturated rings. The Balaban J connectivity index is 1.58. The summed E-state index contributed by atoms with van der Waals surface area (Å²) in [6.07, 6.45) is 3.35. The van der Waals surface area contributed by atoms with Crippen LogP contribution in [0.5, 0.6) is 0 Å². The van der Waals surface area contributed by atoms with Gasteiger partial charge in [0.15, 0.2) is 5.82 Å². The summed E-state index contributed by atoms with van der Waals surface area (Å²) in [4.78, 5) is 42.8. The molecule has 30 heavy (non-hydrogen) atoms. The van der Waals surface area contributed by atoms with Crippen LogP contribution in [0.3, 0.4) is 0 Å². The minimum absolute atomic E-state index is 0.286. The zero-order valence-electron chi connectivity index (χ0n) is 16.7. The van der Waals surface area contributed by atoms with Crippen molar-refractivity contribution in [2.75, 3.05) is 12.4 Å². The van der Waals surface area contributed by atoms with Crippen molar-refractivity contribution >= 4 is 23.5 Å². The van der Waals surface area contributed by atoms with E-state index in [1.165, 1.54) is 7.05 Å². The number of aryl methyl sites for hydroxylation is 1. The summed E-state index contributed by atoms with van der Waals surface area (Å²) >= 11 is 0. The fourth-order valence-corrected chi connectivity index (χ4v) is 3.45. The molecule has 0 aliphatic carbocycles. The molecular formula is C22H19N5O3. The van der Waals surface area contributed by atoms with Crippen molar-refractivity contribution in [2.24, 2.45) is 0 Å². The molecule has 1 aliphatic rings. The number of benzene rings is 1. The molecule has 1 N–H and O–H groups in total. The molecule has 3 aromatic rings. The Hall–Kier alpha value is -3.94. The number of anilines is 1. The lowest BCUT2D eigenvalue weighted by atomic mass is 9.90. The number of rotatable bonds is 4. The largest absolute Gasteiger partial charge is 0.309 e. The maximum atomic E-state index is 12.8. The third-order valence-electron chi connectivity index (χ3n) is 5.10. The van der Waals surface area contributed by atoms with Crippen LogP contribution in [-0.2, 0) is 4.79 Å². The van der Waals surface area contributed by atoms with E-state index in [4.69, 9.17) is 0 Å². The molecule has 0 unspecified atom stereocenters. The monoisotopic (exact) mass is 401 g/mol. The van der Waals surface area contributed by atoms with Gasteiger partial charge in [-0.05, 0) is 55.3 Å². The average molecular weight is 401 g/mol. The fraction of sp³-hybridized carbons (Fsp3) is 0.182. The Morgan fingerprint density at radius 2 is 1.90 bits per heavy atom. The van der Waals surface area contributed by atoms with Crippen LogP contribution < -0.4 is 5.32 Å². The van der Waals surface area contributed by atoms with Gasteiger partial charge in [0.25, 0.3) is 11.8 Å². The van der Waals surface area contributed by atoms with E-state index in [0.29, 0.717) is 22.6 Å². The summed E-state index contributed by atoms with van der Waals surface area (Å²) in [6, 6.07) is 10.5. The molecule has 3 amide bonds. The predicted molar refractivity (Wildman–Crippen MR) is 110 cm³/mol. The molecule has 4 rings (SSSR count). The van der Waals surface area contributed by atoms with Gasteiger partial charge in [-0.1, -0.05) is 6.07 Å². The molecule has 1 aromatic carbocycles. The average Bonchev–Trinajstić information content (AvgIpc) is 2.97. The van der Waals surface area contributed by atoms with E-state index in [0.717, 1.165) is 16.0 Å². The molecule has 8 heteroatoms. The van der Waals surface area contributed by atoms with Crippen molar-refractivity contribution in [1.29, 1.82) is 0 Å². The first-order valence-corrected chi connectivity index (χ1v) is 9.38. The van der Waals surface area contributed by atoms with Gasteiger partial charge in [0, 0.05) is 25.0 Å². The second-order valence-electron chi connectivity index (χ2n) is 7.20. The first-order valence-electron chi connectivity index (χ1n) is 9.38. The van der Waals surface area contributed by atoms with Gasteiger partial charge in [0.1, 0.15) is 0 Å². The Morgan fingerprint density at radius 3 is 2.57 bits per heavy atom. The van der Waals surface area contributed by atoms with E-state index in [9.17, 15) is 14.4 Å². The smallest absolute Gasteiger partial charge is 0.261 e. The second kappa shape index (κ2) is 7.47. The molecule has 8 nitrogen and oxygen atoms in total. The van der Waals surface area contributed by atoms with Crippen LogP contribution >= 0.6 is 0 Å². The highest BCUT2D eigenvalue weighted by Crippen LogP contribution is 2.31. The zero-order valence-corrected chi connectivity index (χ0v) is 16.7. The van der Waals surface area contributed by atoms with Crippen LogP contribution in [0.25, 0.3) is 11.3 Å². The molecule has 0 saturated heterocycles. The quantitative estimate of drug-likeness (QED) is 0.674. The van der Waals surface area contributed by atoms with Crippen molar-refractivity contribution in [3.63, 3.8) is 0 Å². The standard InChI is InChI=1S/C22H19N5O3/c1-12-9-15(19-16(10-12)21(29)27(3)22(19)30)13(2)20(28)24-18-7-6-17(25-26-18)14-5-4-8-23-11-14/h4-11,13H,1-3H3,(H,24,26,28)/t13-/m1/s1. The molecule has 1 atom stereocenters. The molecule has 1 aliphatic heterocycles. The first kappa shape index (κ1) is 19.4. The highest BCUT2D eigenvalue weighted by Gasteiger charge is 2.37. The van der Waals surface area contributed by atoms with E-state index in [-0.39, 0.29) is 17.4 Å². The van der Waals surface area contributed by atoms with E-state index in [2.05, 4.69) is 20.5 Å². The van der Waals surface area contributed by atoms with Gasteiger partial charge < -0.3 is 5.32 Å².